The number of rotatable bonds is 3. The lowest BCUT2D eigenvalue weighted by molar-refractivity contribution is 0.403. The third-order valence-corrected chi connectivity index (χ3v) is 5.06. The summed E-state index contributed by atoms with van der Waals surface area (Å²) in [5.41, 5.74) is 0. The molecule has 3 unspecified atom stereocenters. The fourth-order valence-corrected chi connectivity index (χ4v) is 4.04. The van der Waals surface area contributed by atoms with Crippen LogP contribution in [-0.4, -0.2) is 16.6 Å². The van der Waals surface area contributed by atoms with Crippen LogP contribution in [0.1, 0.15) is 19.3 Å². The van der Waals surface area contributed by atoms with Crippen molar-refractivity contribution in [3.63, 3.8) is 0 Å². The topological polar surface area (TPSA) is 50.1 Å². The number of methoxy groups -OCH3 is 1. The molecule has 0 saturated heterocycles. The molecule has 0 heterocycles. The van der Waals surface area contributed by atoms with E-state index in [0.29, 0.717) is 10.6 Å². The fraction of sp³-hybridized carbons (Fsp3) is 0.462. The van der Waals surface area contributed by atoms with Crippen LogP contribution in [0, 0.1) is 17.2 Å². The van der Waals surface area contributed by atoms with Gasteiger partial charge in [-0.3, -0.25) is 4.21 Å². The largest absolute Gasteiger partial charge is 0.495 e. The predicted molar refractivity (Wildman–Crippen MR) is 66.1 cm³/mol. The average Bonchev–Trinajstić information content (AvgIpc) is 2.86. The second kappa shape index (κ2) is 5.33. The van der Waals surface area contributed by atoms with Gasteiger partial charge in [0, 0.05) is 0 Å². The lowest BCUT2D eigenvalue weighted by Gasteiger charge is -2.15. The molecule has 0 N–H and O–H groups in total. The standard InChI is InChI=1S/C13H15NO2S/c1-16-11-6-2-3-7-13(11)17(15)12-8-4-5-10(12)9-14/h2-3,6-7,10,12H,4-5,8H2,1H3. The molecule has 0 amide bonds. The summed E-state index contributed by atoms with van der Waals surface area (Å²) in [6, 6.07) is 9.61. The second-order valence-electron chi connectivity index (χ2n) is 4.15. The molecule has 0 aromatic heterocycles. The highest BCUT2D eigenvalue weighted by molar-refractivity contribution is 7.85. The van der Waals surface area contributed by atoms with Gasteiger partial charge in [-0.2, -0.15) is 5.26 Å². The molecular formula is C13H15NO2S. The van der Waals surface area contributed by atoms with E-state index in [4.69, 9.17) is 10.00 Å². The summed E-state index contributed by atoms with van der Waals surface area (Å²) in [5, 5.41) is 9.00. The van der Waals surface area contributed by atoms with E-state index in [1.165, 1.54) is 0 Å². The summed E-state index contributed by atoms with van der Waals surface area (Å²) in [4.78, 5) is 0.710. The van der Waals surface area contributed by atoms with Crippen molar-refractivity contribution in [2.75, 3.05) is 7.11 Å². The zero-order valence-corrected chi connectivity index (χ0v) is 10.6. The zero-order valence-electron chi connectivity index (χ0n) is 9.76. The number of para-hydroxylation sites is 1. The van der Waals surface area contributed by atoms with Gasteiger partial charge in [-0.25, -0.2) is 0 Å². The molecule has 0 radical (unpaired) electrons. The Balaban J connectivity index is 2.28. The van der Waals surface area contributed by atoms with Gasteiger partial charge in [-0.1, -0.05) is 18.6 Å². The molecule has 0 bridgehead atoms. The lowest BCUT2D eigenvalue weighted by Crippen LogP contribution is -2.19. The van der Waals surface area contributed by atoms with E-state index in [2.05, 4.69) is 6.07 Å². The highest BCUT2D eigenvalue weighted by Crippen LogP contribution is 2.34. The van der Waals surface area contributed by atoms with Gasteiger partial charge in [0.05, 0.1) is 40.0 Å². The molecule has 1 saturated carbocycles. The van der Waals surface area contributed by atoms with Crippen molar-refractivity contribution in [2.24, 2.45) is 5.92 Å². The van der Waals surface area contributed by atoms with Gasteiger partial charge in [0.1, 0.15) is 5.75 Å². The minimum absolute atomic E-state index is 0.0451. The summed E-state index contributed by atoms with van der Waals surface area (Å²) in [7, 11) is 0.428. The first-order valence-electron chi connectivity index (χ1n) is 5.71. The number of hydrogen-bond acceptors (Lipinski definition) is 3. The zero-order chi connectivity index (χ0) is 12.3. The van der Waals surface area contributed by atoms with E-state index in [-0.39, 0.29) is 11.2 Å². The molecule has 1 fully saturated rings. The Morgan fingerprint density at radius 3 is 2.88 bits per heavy atom. The molecule has 2 rings (SSSR count). The van der Waals surface area contributed by atoms with E-state index >= 15 is 0 Å². The normalized spacial score (nSPS) is 25.2. The second-order valence-corrected chi connectivity index (χ2v) is 5.79. The molecule has 0 spiro atoms. The van der Waals surface area contributed by atoms with Crippen LogP contribution >= 0.6 is 0 Å². The van der Waals surface area contributed by atoms with E-state index < -0.39 is 10.8 Å². The maximum Gasteiger partial charge on any atom is 0.134 e. The molecule has 90 valence electrons. The molecular weight excluding hydrogens is 234 g/mol. The van der Waals surface area contributed by atoms with Crippen molar-refractivity contribution in [3.05, 3.63) is 24.3 Å². The molecule has 17 heavy (non-hydrogen) atoms. The monoisotopic (exact) mass is 249 g/mol. The molecule has 1 aromatic carbocycles. The summed E-state index contributed by atoms with van der Waals surface area (Å²) < 4.78 is 17.7. The van der Waals surface area contributed by atoms with Gasteiger partial charge >= 0.3 is 0 Å². The smallest absolute Gasteiger partial charge is 0.134 e. The number of hydrogen-bond donors (Lipinski definition) is 0. The minimum atomic E-state index is -1.15. The first kappa shape index (κ1) is 12.1. The Bertz CT molecular complexity index is 467. The van der Waals surface area contributed by atoms with Crippen molar-refractivity contribution in [1.82, 2.24) is 0 Å². The molecule has 3 nitrogen and oxygen atoms in total. The van der Waals surface area contributed by atoms with Gasteiger partial charge in [-0.15, -0.1) is 0 Å². The van der Waals surface area contributed by atoms with Crippen molar-refractivity contribution >= 4 is 10.8 Å². The highest BCUT2D eigenvalue weighted by Gasteiger charge is 2.33. The minimum Gasteiger partial charge on any atom is -0.495 e. The molecule has 3 atom stereocenters. The van der Waals surface area contributed by atoms with Crippen molar-refractivity contribution < 1.29 is 8.95 Å². The number of nitrogens with zero attached hydrogens (tertiary/aromatic N) is 1. The predicted octanol–water partition coefficient (Wildman–Crippen LogP) is 2.50. The van der Waals surface area contributed by atoms with Gasteiger partial charge in [-0.05, 0) is 25.0 Å². The van der Waals surface area contributed by atoms with Crippen molar-refractivity contribution in [3.8, 4) is 11.8 Å². The fourth-order valence-electron chi connectivity index (χ4n) is 2.28. The molecule has 1 aliphatic carbocycles. The molecule has 0 aliphatic heterocycles. The Morgan fingerprint density at radius 1 is 1.41 bits per heavy atom. The lowest BCUT2D eigenvalue weighted by atomic mass is 10.1. The Labute approximate surface area is 104 Å². The molecule has 1 aromatic rings. The average molecular weight is 249 g/mol. The van der Waals surface area contributed by atoms with Crippen molar-refractivity contribution in [2.45, 2.75) is 29.4 Å². The molecule has 1 aliphatic rings. The first-order valence-corrected chi connectivity index (χ1v) is 6.92. The van der Waals surface area contributed by atoms with E-state index in [0.717, 1.165) is 19.3 Å². The Morgan fingerprint density at radius 2 is 2.18 bits per heavy atom. The summed E-state index contributed by atoms with van der Waals surface area (Å²) >= 11 is 0. The van der Waals surface area contributed by atoms with Gasteiger partial charge in [0.15, 0.2) is 0 Å². The van der Waals surface area contributed by atoms with Gasteiger partial charge in [0.2, 0.25) is 0 Å². The van der Waals surface area contributed by atoms with Crippen LogP contribution in [0.2, 0.25) is 0 Å². The third kappa shape index (κ3) is 2.34. The van der Waals surface area contributed by atoms with Crippen molar-refractivity contribution in [1.29, 1.82) is 5.26 Å². The van der Waals surface area contributed by atoms with Gasteiger partial charge < -0.3 is 4.74 Å². The summed E-state index contributed by atoms with van der Waals surface area (Å²) in [6.45, 7) is 0. The Kier molecular flexibility index (Phi) is 3.80. The van der Waals surface area contributed by atoms with Crippen LogP contribution in [0.25, 0.3) is 0 Å². The molecule has 4 heteroatoms. The highest BCUT2D eigenvalue weighted by atomic mass is 32.2. The summed E-state index contributed by atoms with van der Waals surface area (Å²) in [6.07, 6.45) is 2.72. The number of ether oxygens (including phenoxy) is 1. The van der Waals surface area contributed by atoms with Crippen LogP contribution in [0.4, 0.5) is 0 Å². The SMILES string of the molecule is COc1ccccc1S(=O)C1CCCC1C#N. The maximum absolute atomic E-state index is 12.5. The number of benzene rings is 1. The van der Waals surface area contributed by atoms with Crippen LogP contribution in [0.3, 0.4) is 0 Å². The van der Waals surface area contributed by atoms with E-state index in [1.807, 2.05) is 24.3 Å². The maximum atomic E-state index is 12.5. The van der Waals surface area contributed by atoms with E-state index in [1.54, 1.807) is 7.11 Å². The van der Waals surface area contributed by atoms with Gasteiger partial charge in [0.25, 0.3) is 0 Å². The van der Waals surface area contributed by atoms with Crippen LogP contribution < -0.4 is 4.74 Å². The van der Waals surface area contributed by atoms with Crippen LogP contribution in [0.15, 0.2) is 29.2 Å². The quantitative estimate of drug-likeness (QED) is 0.827. The van der Waals surface area contributed by atoms with Crippen LogP contribution in [-0.2, 0) is 10.8 Å². The Hall–Kier alpha value is -1.34. The van der Waals surface area contributed by atoms with Crippen LogP contribution in [0.5, 0.6) is 5.75 Å². The first-order chi connectivity index (χ1) is 8.27. The van der Waals surface area contributed by atoms with E-state index in [9.17, 15) is 4.21 Å². The third-order valence-electron chi connectivity index (χ3n) is 3.18. The summed E-state index contributed by atoms with van der Waals surface area (Å²) in [5.74, 6) is 0.565. The number of nitriles is 1.